The van der Waals surface area contributed by atoms with Crippen molar-refractivity contribution in [2.45, 2.75) is 13.5 Å². The first-order valence-corrected chi connectivity index (χ1v) is 6.16. The maximum Gasteiger partial charge on any atom is 0.251 e. The number of anilines is 1. The Kier molecular flexibility index (Phi) is 4.16. The van der Waals surface area contributed by atoms with Crippen molar-refractivity contribution in [3.8, 4) is 0 Å². The van der Waals surface area contributed by atoms with Crippen LogP contribution in [-0.4, -0.2) is 5.91 Å². The monoisotopic (exact) mass is 294 g/mol. The number of rotatable bonds is 4. The Balaban J connectivity index is 2.23. The number of hydrogen-bond donors (Lipinski definition) is 2. The van der Waals surface area contributed by atoms with Gasteiger partial charge in [0, 0.05) is 12.6 Å². The number of hydrogen-bond acceptors (Lipinski definition) is 2. The van der Waals surface area contributed by atoms with Crippen molar-refractivity contribution in [3.05, 3.63) is 64.5 Å². The van der Waals surface area contributed by atoms with E-state index in [4.69, 9.17) is 5.73 Å². The predicted octanol–water partition coefficient (Wildman–Crippen LogP) is 3.12. The minimum absolute atomic E-state index is 0.0473. The van der Waals surface area contributed by atoms with Crippen LogP contribution in [0.15, 0.2) is 30.3 Å². The van der Waals surface area contributed by atoms with Gasteiger partial charge in [0.1, 0.15) is 17.5 Å². The molecule has 21 heavy (non-hydrogen) atoms. The molecule has 0 radical (unpaired) electrons. The van der Waals surface area contributed by atoms with Gasteiger partial charge in [-0.15, -0.1) is 0 Å². The van der Waals surface area contributed by atoms with Crippen LogP contribution in [0.3, 0.4) is 0 Å². The van der Waals surface area contributed by atoms with Crippen LogP contribution in [0.5, 0.6) is 0 Å². The molecule has 0 aliphatic carbocycles. The number of carbonyl (C=O) groups excluding carboxylic acids is 1. The van der Waals surface area contributed by atoms with Crippen molar-refractivity contribution in [3.63, 3.8) is 0 Å². The van der Waals surface area contributed by atoms with E-state index in [1.807, 2.05) is 0 Å². The molecule has 0 aliphatic rings. The first kappa shape index (κ1) is 14.9. The summed E-state index contributed by atoms with van der Waals surface area (Å²) in [6, 6.07) is 5.83. The highest BCUT2D eigenvalue weighted by molar-refractivity contribution is 5.94. The molecule has 0 aromatic heterocycles. The Bertz CT molecular complexity index is 702. The van der Waals surface area contributed by atoms with E-state index in [0.29, 0.717) is 11.6 Å². The third-order valence-electron chi connectivity index (χ3n) is 3.10. The van der Waals surface area contributed by atoms with E-state index in [-0.39, 0.29) is 18.0 Å². The van der Waals surface area contributed by atoms with E-state index in [9.17, 15) is 18.0 Å². The van der Waals surface area contributed by atoms with Gasteiger partial charge >= 0.3 is 0 Å². The lowest BCUT2D eigenvalue weighted by molar-refractivity contribution is 0.0996. The lowest BCUT2D eigenvalue weighted by atomic mass is 10.1. The molecular formula is C15H13F3N2O. The van der Waals surface area contributed by atoms with Crippen LogP contribution < -0.4 is 11.1 Å². The van der Waals surface area contributed by atoms with Gasteiger partial charge in [0.25, 0.3) is 5.91 Å². The van der Waals surface area contributed by atoms with E-state index in [0.717, 1.165) is 11.6 Å². The molecule has 0 bridgehead atoms. The van der Waals surface area contributed by atoms with Crippen LogP contribution in [0.4, 0.5) is 18.9 Å². The fraction of sp³-hybridized carbons (Fsp3) is 0.133. The Morgan fingerprint density at radius 1 is 1.14 bits per heavy atom. The third-order valence-corrected chi connectivity index (χ3v) is 3.10. The first-order valence-electron chi connectivity index (χ1n) is 6.16. The van der Waals surface area contributed by atoms with Crippen LogP contribution in [-0.2, 0) is 6.54 Å². The van der Waals surface area contributed by atoms with E-state index in [2.05, 4.69) is 5.32 Å². The highest BCUT2D eigenvalue weighted by atomic mass is 19.1. The standard InChI is InChI=1S/C15H13F3N2O/c1-8-4-10(16)3-2-9(8)7-20-14-5-11(15(19)21)12(17)6-13(14)18/h2-6,20H,7H2,1H3,(H2,19,21). The molecule has 0 spiro atoms. The summed E-state index contributed by atoms with van der Waals surface area (Å²) in [7, 11) is 0. The van der Waals surface area contributed by atoms with Gasteiger partial charge in [-0.1, -0.05) is 6.07 Å². The lowest BCUT2D eigenvalue weighted by Crippen LogP contribution is -2.14. The number of halogens is 3. The average Bonchev–Trinajstić information content (AvgIpc) is 2.39. The molecule has 0 saturated carbocycles. The highest BCUT2D eigenvalue weighted by Crippen LogP contribution is 2.21. The van der Waals surface area contributed by atoms with Crippen LogP contribution in [0.25, 0.3) is 0 Å². The summed E-state index contributed by atoms with van der Waals surface area (Å²) in [5, 5.41) is 2.74. The summed E-state index contributed by atoms with van der Waals surface area (Å²) in [5.74, 6) is -3.19. The molecule has 0 saturated heterocycles. The second kappa shape index (κ2) is 5.87. The van der Waals surface area contributed by atoms with Crippen molar-refractivity contribution in [2.75, 3.05) is 5.32 Å². The average molecular weight is 294 g/mol. The summed E-state index contributed by atoms with van der Waals surface area (Å²) < 4.78 is 40.0. The van der Waals surface area contributed by atoms with Crippen LogP contribution in [0.2, 0.25) is 0 Å². The maximum absolute atomic E-state index is 13.6. The zero-order valence-corrected chi connectivity index (χ0v) is 11.2. The molecular weight excluding hydrogens is 281 g/mol. The van der Waals surface area contributed by atoms with Crippen LogP contribution >= 0.6 is 0 Å². The fourth-order valence-electron chi connectivity index (χ4n) is 1.92. The summed E-state index contributed by atoms with van der Waals surface area (Å²) in [4.78, 5) is 11.0. The predicted molar refractivity (Wildman–Crippen MR) is 73.3 cm³/mol. The van der Waals surface area contributed by atoms with E-state index in [1.54, 1.807) is 13.0 Å². The number of nitrogens with one attached hydrogen (secondary N) is 1. The summed E-state index contributed by atoms with van der Waals surface area (Å²) in [6.07, 6.45) is 0. The molecule has 3 N–H and O–H groups in total. The Hall–Kier alpha value is -2.50. The molecule has 2 aromatic carbocycles. The van der Waals surface area contributed by atoms with Gasteiger partial charge in [0.15, 0.2) is 0 Å². The molecule has 2 aromatic rings. The largest absolute Gasteiger partial charge is 0.379 e. The number of nitrogens with two attached hydrogens (primary N) is 1. The normalized spacial score (nSPS) is 10.5. The molecule has 0 atom stereocenters. The number of benzene rings is 2. The zero-order valence-electron chi connectivity index (χ0n) is 11.2. The third kappa shape index (κ3) is 3.34. The minimum atomic E-state index is -1.01. The second-order valence-corrected chi connectivity index (χ2v) is 4.60. The summed E-state index contributed by atoms with van der Waals surface area (Å²) in [6.45, 7) is 1.92. The van der Waals surface area contributed by atoms with Crippen molar-refractivity contribution in [2.24, 2.45) is 5.73 Å². The Labute approximate surface area is 119 Å². The molecule has 0 aliphatic heterocycles. The molecule has 0 fully saturated rings. The van der Waals surface area contributed by atoms with Gasteiger partial charge in [-0.25, -0.2) is 13.2 Å². The minimum Gasteiger partial charge on any atom is -0.379 e. The topological polar surface area (TPSA) is 55.1 Å². The van der Waals surface area contributed by atoms with Crippen molar-refractivity contribution >= 4 is 11.6 Å². The first-order chi connectivity index (χ1) is 9.88. The van der Waals surface area contributed by atoms with Crippen molar-refractivity contribution in [1.82, 2.24) is 0 Å². The Morgan fingerprint density at radius 3 is 2.48 bits per heavy atom. The number of amides is 1. The van der Waals surface area contributed by atoms with Crippen LogP contribution in [0, 0.1) is 24.4 Å². The number of primary amides is 1. The van der Waals surface area contributed by atoms with Crippen molar-refractivity contribution in [1.29, 1.82) is 0 Å². The maximum atomic E-state index is 13.6. The van der Waals surface area contributed by atoms with Gasteiger partial charge in [0.05, 0.1) is 11.3 Å². The van der Waals surface area contributed by atoms with Gasteiger partial charge in [0.2, 0.25) is 0 Å². The summed E-state index contributed by atoms with van der Waals surface area (Å²) >= 11 is 0. The number of aryl methyl sites for hydroxylation is 1. The van der Waals surface area contributed by atoms with Gasteiger partial charge in [-0.05, 0) is 36.2 Å². The van der Waals surface area contributed by atoms with Gasteiger partial charge < -0.3 is 11.1 Å². The quantitative estimate of drug-likeness (QED) is 0.910. The lowest BCUT2D eigenvalue weighted by Gasteiger charge is -2.11. The molecule has 0 unspecified atom stereocenters. The summed E-state index contributed by atoms with van der Waals surface area (Å²) in [5.41, 5.74) is 6.01. The second-order valence-electron chi connectivity index (χ2n) is 4.60. The van der Waals surface area contributed by atoms with Crippen molar-refractivity contribution < 1.29 is 18.0 Å². The van der Waals surface area contributed by atoms with Crippen LogP contribution in [0.1, 0.15) is 21.5 Å². The molecule has 110 valence electrons. The SMILES string of the molecule is Cc1cc(F)ccc1CNc1cc(C(N)=O)c(F)cc1F. The zero-order chi connectivity index (χ0) is 15.6. The smallest absolute Gasteiger partial charge is 0.251 e. The molecule has 0 heterocycles. The molecule has 1 amide bonds. The highest BCUT2D eigenvalue weighted by Gasteiger charge is 2.13. The Morgan fingerprint density at radius 2 is 1.86 bits per heavy atom. The van der Waals surface area contributed by atoms with E-state index < -0.39 is 23.1 Å². The molecule has 2 rings (SSSR count). The van der Waals surface area contributed by atoms with Gasteiger partial charge in [-0.3, -0.25) is 4.79 Å². The molecule has 3 nitrogen and oxygen atoms in total. The van der Waals surface area contributed by atoms with E-state index in [1.165, 1.54) is 12.1 Å². The van der Waals surface area contributed by atoms with E-state index >= 15 is 0 Å². The fourth-order valence-corrected chi connectivity index (χ4v) is 1.92. The van der Waals surface area contributed by atoms with Gasteiger partial charge in [-0.2, -0.15) is 0 Å². The number of carbonyl (C=O) groups is 1. The molecule has 6 heteroatoms.